The monoisotopic (exact) mass is 188 g/mol. The van der Waals surface area contributed by atoms with E-state index in [0.29, 0.717) is 16.3 Å². The Morgan fingerprint density at radius 1 is 1.73 bits per heavy atom. The summed E-state index contributed by atoms with van der Waals surface area (Å²) in [6.45, 7) is 1.99. The fraction of sp³-hybridized carbons (Fsp3) is 0.375. The maximum absolute atomic E-state index is 11.3. The van der Waals surface area contributed by atoms with Crippen LogP contribution >= 0.6 is 22.9 Å². The molecule has 0 bridgehead atoms. The van der Waals surface area contributed by atoms with Gasteiger partial charge in [-0.15, -0.1) is 11.3 Å². The molecule has 0 fully saturated rings. The molecule has 1 aromatic heterocycles. The molecule has 1 nitrogen and oxygen atoms in total. The molecule has 0 unspecified atom stereocenters. The van der Waals surface area contributed by atoms with E-state index in [-0.39, 0.29) is 5.78 Å². The molecule has 0 aliphatic carbocycles. The van der Waals surface area contributed by atoms with Crippen LogP contribution in [0, 0.1) is 0 Å². The van der Waals surface area contributed by atoms with Crippen LogP contribution in [0.15, 0.2) is 11.4 Å². The lowest BCUT2D eigenvalue weighted by Crippen LogP contribution is -1.94. The van der Waals surface area contributed by atoms with Crippen molar-refractivity contribution in [2.75, 3.05) is 0 Å². The Morgan fingerprint density at radius 2 is 2.45 bits per heavy atom. The largest absolute Gasteiger partial charge is 0.293 e. The summed E-state index contributed by atoms with van der Waals surface area (Å²) in [7, 11) is 0. The van der Waals surface area contributed by atoms with Gasteiger partial charge in [0.15, 0.2) is 5.78 Å². The second kappa shape index (κ2) is 3.88. The van der Waals surface area contributed by atoms with Crippen molar-refractivity contribution in [3.05, 3.63) is 21.3 Å². The van der Waals surface area contributed by atoms with E-state index in [0.717, 1.165) is 6.42 Å². The lowest BCUT2D eigenvalue weighted by Gasteiger charge is -1.93. The van der Waals surface area contributed by atoms with Gasteiger partial charge >= 0.3 is 0 Å². The summed E-state index contributed by atoms with van der Waals surface area (Å²) in [4.78, 5) is 12.0. The Hall–Kier alpha value is -0.340. The number of carbonyl (C=O) groups excluding carboxylic acids is 1. The van der Waals surface area contributed by atoms with Crippen LogP contribution in [0.25, 0.3) is 0 Å². The zero-order valence-corrected chi connectivity index (χ0v) is 7.84. The van der Waals surface area contributed by atoms with E-state index < -0.39 is 0 Å². The molecule has 0 saturated carbocycles. The zero-order valence-electron chi connectivity index (χ0n) is 6.26. The molecule has 0 aromatic carbocycles. The lowest BCUT2D eigenvalue weighted by molar-refractivity contribution is 0.0986. The first-order chi connectivity index (χ1) is 5.25. The predicted octanol–water partition coefficient (Wildman–Crippen LogP) is 3.38. The Balaban J connectivity index is 2.76. The van der Waals surface area contributed by atoms with Gasteiger partial charge in [0.1, 0.15) is 0 Å². The summed E-state index contributed by atoms with van der Waals surface area (Å²) in [6.07, 6.45) is 1.48. The van der Waals surface area contributed by atoms with Crippen molar-refractivity contribution in [2.45, 2.75) is 19.8 Å². The Morgan fingerprint density at radius 3 is 2.91 bits per heavy atom. The highest BCUT2D eigenvalue weighted by Gasteiger charge is 2.09. The molecule has 0 amide bonds. The molecule has 0 spiro atoms. The highest BCUT2D eigenvalue weighted by molar-refractivity contribution is 7.12. The van der Waals surface area contributed by atoms with E-state index in [2.05, 4.69) is 0 Å². The van der Waals surface area contributed by atoms with E-state index in [1.807, 2.05) is 12.3 Å². The van der Waals surface area contributed by atoms with E-state index in [4.69, 9.17) is 11.6 Å². The predicted molar refractivity (Wildman–Crippen MR) is 48.6 cm³/mol. The maximum Gasteiger partial charge on any atom is 0.174 e. The van der Waals surface area contributed by atoms with Crippen molar-refractivity contribution in [2.24, 2.45) is 0 Å². The summed E-state index contributed by atoms with van der Waals surface area (Å²) in [6, 6.07) is 1.76. The number of carbonyl (C=O) groups is 1. The summed E-state index contributed by atoms with van der Waals surface area (Å²) in [5.74, 6) is 0.160. The highest BCUT2D eigenvalue weighted by atomic mass is 35.5. The van der Waals surface area contributed by atoms with Crippen LogP contribution in [0.4, 0.5) is 0 Å². The van der Waals surface area contributed by atoms with E-state index in [9.17, 15) is 4.79 Å². The van der Waals surface area contributed by atoms with Gasteiger partial charge in [0.05, 0.1) is 9.90 Å². The third kappa shape index (κ3) is 2.04. The Bertz CT molecular complexity index is 254. The standard InChI is InChI=1S/C8H9ClOS/c1-2-3-7(10)8-6(9)4-5-11-8/h4-5H,2-3H2,1H3. The fourth-order valence-electron chi connectivity index (χ4n) is 0.833. The summed E-state index contributed by atoms with van der Waals surface area (Å²) >= 11 is 7.18. The van der Waals surface area contributed by atoms with Gasteiger partial charge in [0, 0.05) is 6.42 Å². The third-order valence-electron chi connectivity index (χ3n) is 1.35. The Labute approximate surface area is 75.0 Å². The first kappa shape index (κ1) is 8.75. The molecule has 60 valence electrons. The fourth-order valence-corrected chi connectivity index (χ4v) is 1.96. The number of hydrogen-bond donors (Lipinski definition) is 0. The molecule has 11 heavy (non-hydrogen) atoms. The number of halogens is 1. The van der Waals surface area contributed by atoms with Crippen LogP contribution in [-0.4, -0.2) is 5.78 Å². The topological polar surface area (TPSA) is 17.1 Å². The summed E-state index contributed by atoms with van der Waals surface area (Å²) < 4.78 is 0. The number of thiophene rings is 1. The number of rotatable bonds is 3. The Kier molecular flexibility index (Phi) is 3.09. The van der Waals surface area contributed by atoms with Gasteiger partial charge in [-0.05, 0) is 17.9 Å². The molecule has 0 aliphatic rings. The van der Waals surface area contributed by atoms with Gasteiger partial charge in [0.25, 0.3) is 0 Å². The first-order valence-corrected chi connectivity index (χ1v) is 4.77. The van der Waals surface area contributed by atoms with Gasteiger partial charge in [-0.25, -0.2) is 0 Å². The van der Waals surface area contributed by atoms with Gasteiger partial charge in [-0.2, -0.15) is 0 Å². The van der Waals surface area contributed by atoms with E-state index >= 15 is 0 Å². The molecular formula is C8H9ClOS. The normalized spacial score (nSPS) is 10.0. The maximum atomic E-state index is 11.3. The van der Waals surface area contributed by atoms with Crippen LogP contribution in [0.1, 0.15) is 29.4 Å². The second-order valence-corrected chi connectivity index (χ2v) is 3.59. The molecule has 1 aromatic rings. The number of Topliss-reactive ketones (excluding diaryl/α,β-unsaturated/α-hetero) is 1. The molecule has 1 rings (SSSR count). The van der Waals surface area contributed by atoms with Crippen molar-refractivity contribution in [1.29, 1.82) is 0 Å². The first-order valence-electron chi connectivity index (χ1n) is 3.52. The van der Waals surface area contributed by atoms with Crippen LogP contribution in [0.5, 0.6) is 0 Å². The molecular weight excluding hydrogens is 180 g/mol. The highest BCUT2D eigenvalue weighted by Crippen LogP contribution is 2.23. The van der Waals surface area contributed by atoms with Crippen molar-refractivity contribution in [1.82, 2.24) is 0 Å². The van der Waals surface area contributed by atoms with E-state index in [1.54, 1.807) is 6.07 Å². The van der Waals surface area contributed by atoms with Gasteiger partial charge in [-0.1, -0.05) is 18.5 Å². The number of hydrogen-bond acceptors (Lipinski definition) is 2. The van der Waals surface area contributed by atoms with Crippen LogP contribution in [0.3, 0.4) is 0 Å². The average molecular weight is 189 g/mol. The van der Waals surface area contributed by atoms with Gasteiger partial charge < -0.3 is 0 Å². The van der Waals surface area contributed by atoms with Crippen molar-refractivity contribution in [3.63, 3.8) is 0 Å². The van der Waals surface area contributed by atoms with Crippen molar-refractivity contribution >= 4 is 28.7 Å². The molecule has 0 saturated heterocycles. The summed E-state index contributed by atoms with van der Waals surface area (Å²) in [5.41, 5.74) is 0. The van der Waals surface area contributed by atoms with Gasteiger partial charge in [-0.3, -0.25) is 4.79 Å². The molecule has 0 radical (unpaired) electrons. The third-order valence-corrected chi connectivity index (χ3v) is 2.73. The number of ketones is 1. The minimum Gasteiger partial charge on any atom is -0.293 e. The molecule has 0 aliphatic heterocycles. The minimum atomic E-state index is 0.160. The molecule has 0 atom stereocenters. The van der Waals surface area contributed by atoms with Crippen molar-refractivity contribution < 1.29 is 4.79 Å². The lowest BCUT2D eigenvalue weighted by atomic mass is 10.2. The molecule has 3 heteroatoms. The second-order valence-electron chi connectivity index (χ2n) is 2.27. The smallest absolute Gasteiger partial charge is 0.174 e. The van der Waals surface area contributed by atoms with E-state index in [1.165, 1.54) is 11.3 Å². The molecule has 1 heterocycles. The van der Waals surface area contributed by atoms with Gasteiger partial charge in [0.2, 0.25) is 0 Å². The quantitative estimate of drug-likeness (QED) is 0.665. The van der Waals surface area contributed by atoms with Crippen LogP contribution in [-0.2, 0) is 0 Å². The van der Waals surface area contributed by atoms with Crippen LogP contribution in [0.2, 0.25) is 5.02 Å². The SMILES string of the molecule is CCCC(=O)c1sccc1Cl. The van der Waals surface area contributed by atoms with Crippen molar-refractivity contribution in [3.8, 4) is 0 Å². The summed E-state index contributed by atoms with van der Waals surface area (Å²) in [5, 5.41) is 2.43. The minimum absolute atomic E-state index is 0.160. The average Bonchev–Trinajstić information content (AvgIpc) is 2.36. The molecule has 0 N–H and O–H groups in total. The van der Waals surface area contributed by atoms with Crippen LogP contribution < -0.4 is 0 Å². The zero-order chi connectivity index (χ0) is 8.27.